The highest BCUT2D eigenvalue weighted by Gasteiger charge is 2.59. The molecule has 3 aliphatic rings. The second-order valence-corrected chi connectivity index (χ2v) is 10.3. The molecule has 2 aromatic carbocycles. The van der Waals surface area contributed by atoms with Crippen LogP contribution in [0, 0.1) is 17.3 Å². The number of carboxylic acid groups (broad SMARTS) is 1. The summed E-state index contributed by atoms with van der Waals surface area (Å²) in [5, 5.41) is 12.3. The highest BCUT2D eigenvalue weighted by Crippen LogP contribution is 2.56. The number of nitrogens with one attached hydrogen (secondary N) is 1. The molecule has 184 valence electrons. The van der Waals surface area contributed by atoms with E-state index in [-0.39, 0.29) is 29.8 Å². The van der Waals surface area contributed by atoms with Crippen molar-refractivity contribution in [3.63, 3.8) is 0 Å². The highest BCUT2D eigenvalue weighted by molar-refractivity contribution is 5.81. The predicted octanol–water partition coefficient (Wildman–Crippen LogP) is 4.26. The highest BCUT2D eigenvalue weighted by atomic mass is 16.5. The number of carbonyl (C=O) groups is 3. The molecule has 0 bridgehead atoms. The molecule has 1 saturated carbocycles. The Labute approximate surface area is 205 Å². The van der Waals surface area contributed by atoms with E-state index in [2.05, 4.69) is 29.6 Å². The molecule has 7 nitrogen and oxygen atoms in total. The van der Waals surface area contributed by atoms with Gasteiger partial charge in [-0.15, -0.1) is 0 Å². The summed E-state index contributed by atoms with van der Waals surface area (Å²) >= 11 is 0. The number of likely N-dealkylation sites (tertiary alicyclic amines) is 1. The van der Waals surface area contributed by atoms with Crippen LogP contribution >= 0.6 is 0 Å². The van der Waals surface area contributed by atoms with Gasteiger partial charge in [0.15, 0.2) is 0 Å². The minimum Gasteiger partial charge on any atom is -0.481 e. The van der Waals surface area contributed by atoms with Gasteiger partial charge in [-0.05, 0) is 47.9 Å². The van der Waals surface area contributed by atoms with Gasteiger partial charge in [-0.3, -0.25) is 9.59 Å². The molecule has 1 spiro atoms. The maximum atomic E-state index is 12.8. The van der Waals surface area contributed by atoms with Crippen molar-refractivity contribution < 1.29 is 24.2 Å². The topological polar surface area (TPSA) is 95.9 Å². The number of carbonyl (C=O) groups excluding carboxylic acids is 2. The maximum absolute atomic E-state index is 12.8. The van der Waals surface area contributed by atoms with Gasteiger partial charge in [0.1, 0.15) is 6.61 Å². The van der Waals surface area contributed by atoms with Gasteiger partial charge in [-0.2, -0.15) is 0 Å². The van der Waals surface area contributed by atoms with E-state index in [4.69, 9.17) is 4.74 Å². The molecule has 1 aliphatic heterocycles. The summed E-state index contributed by atoms with van der Waals surface area (Å²) in [5.41, 5.74) is 4.54. The number of hydrogen-bond donors (Lipinski definition) is 2. The van der Waals surface area contributed by atoms with E-state index in [9.17, 15) is 19.5 Å². The first-order valence-electron chi connectivity index (χ1n) is 12.5. The lowest BCUT2D eigenvalue weighted by Crippen LogP contribution is -2.34. The zero-order valence-electron chi connectivity index (χ0n) is 20.0. The minimum absolute atomic E-state index is 0.0150. The van der Waals surface area contributed by atoms with Crippen LogP contribution in [0.1, 0.15) is 49.7 Å². The Hall–Kier alpha value is -3.35. The smallest absolute Gasteiger partial charge is 0.407 e. The summed E-state index contributed by atoms with van der Waals surface area (Å²) in [6.45, 7) is 3.46. The number of rotatable bonds is 8. The average Bonchev–Trinajstić information content (AvgIpc) is 3.41. The summed E-state index contributed by atoms with van der Waals surface area (Å²) < 4.78 is 5.56. The lowest BCUT2D eigenvalue weighted by Gasteiger charge is -2.21. The summed E-state index contributed by atoms with van der Waals surface area (Å²) in [7, 11) is 0. The van der Waals surface area contributed by atoms with E-state index in [1.165, 1.54) is 22.3 Å². The van der Waals surface area contributed by atoms with E-state index in [0.717, 1.165) is 12.8 Å². The molecule has 2 fully saturated rings. The molecule has 1 saturated heterocycles. The van der Waals surface area contributed by atoms with Gasteiger partial charge in [0.05, 0.1) is 5.92 Å². The van der Waals surface area contributed by atoms with Gasteiger partial charge in [0.2, 0.25) is 5.91 Å². The van der Waals surface area contributed by atoms with Crippen LogP contribution < -0.4 is 5.32 Å². The third-order valence-electron chi connectivity index (χ3n) is 8.00. The number of hydrogen-bond acceptors (Lipinski definition) is 4. The lowest BCUT2D eigenvalue weighted by molar-refractivity contribution is -0.143. The zero-order valence-corrected chi connectivity index (χ0v) is 20.0. The molecule has 1 heterocycles. The number of benzene rings is 2. The van der Waals surface area contributed by atoms with Gasteiger partial charge >= 0.3 is 12.1 Å². The summed E-state index contributed by atoms with van der Waals surface area (Å²) in [5.74, 6) is -1.40. The Morgan fingerprint density at radius 1 is 1.09 bits per heavy atom. The van der Waals surface area contributed by atoms with E-state index in [1.807, 2.05) is 31.2 Å². The molecular weight excluding hydrogens is 444 g/mol. The van der Waals surface area contributed by atoms with Crippen LogP contribution in [0.15, 0.2) is 48.5 Å². The number of aliphatic carboxylic acids is 1. The standard InChI is InChI=1S/C28H32N2O5/c1-18(25(31)30-15-24(26(32)33)28(17-30)12-13-28)7-6-14-29-27(34)35-16-23-21-10-4-2-8-19(21)20-9-3-5-11-22(20)23/h2-5,8-11,18,23-24H,6-7,12-17H2,1H3,(H,29,34)(H,32,33). The van der Waals surface area contributed by atoms with Gasteiger partial charge in [-0.25, -0.2) is 4.79 Å². The number of fused-ring (bicyclic) bond motifs is 3. The molecular formula is C28H32N2O5. The zero-order chi connectivity index (χ0) is 24.6. The molecule has 2 amide bonds. The molecule has 0 aromatic heterocycles. The van der Waals surface area contributed by atoms with Crippen LogP contribution in [-0.4, -0.2) is 54.2 Å². The number of alkyl carbamates (subject to hydrolysis) is 1. The van der Waals surface area contributed by atoms with Crippen LogP contribution in [-0.2, 0) is 14.3 Å². The van der Waals surface area contributed by atoms with Crippen molar-refractivity contribution in [2.75, 3.05) is 26.2 Å². The van der Waals surface area contributed by atoms with Crippen molar-refractivity contribution in [2.24, 2.45) is 17.3 Å². The number of carboxylic acids is 1. The van der Waals surface area contributed by atoms with Crippen LogP contribution in [0.5, 0.6) is 0 Å². The van der Waals surface area contributed by atoms with Crippen molar-refractivity contribution in [3.8, 4) is 11.1 Å². The Morgan fingerprint density at radius 2 is 1.71 bits per heavy atom. The Morgan fingerprint density at radius 3 is 2.29 bits per heavy atom. The third kappa shape index (κ3) is 4.51. The van der Waals surface area contributed by atoms with Gasteiger partial charge in [0.25, 0.3) is 0 Å². The summed E-state index contributed by atoms with van der Waals surface area (Å²) in [6.07, 6.45) is 2.62. The van der Waals surface area contributed by atoms with E-state index in [1.54, 1.807) is 4.90 Å². The molecule has 2 aromatic rings. The average molecular weight is 477 g/mol. The van der Waals surface area contributed by atoms with E-state index < -0.39 is 18.0 Å². The Kier molecular flexibility index (Phi) is 6.26. The van der Waals surface area contributed by atoms with Gasteiger partial charge in [-0.1, -0.05) is 55.5 Å². The molecule has 35 heavy (non-hydrogen) atoms. The number of amides is 2. The van der Waals surface area contributed by atoms with Crippen LogP contribution in [0.4, 0.5) is 4.79 Å². The predicted molar refractivity (Wildman–Crippen MR) is 131 cm³/mol. The fourth-order valence-electron chi connectivity index (χ4n) is 5.83. The van der Waals surface area contributed by atoms with Gasteiger partial charge < -0.3 is 20.1 Å². The molecule has 2 aliphatic carbocycles. The molecule has 7 heteroatoms. The fraction of sp³-hybridized carbons (Fsp3) is 0.464. The van der Waals surface area contributed by atoms with Crippen LogP contribution in [0.25, 0.3) is 11.1 Å². The lowest BCUT2D eigenvalue weighted by atomic mass is 9.93. The molecule has 5 rings (SSSR count). The van der Waals surface area contributed by atoms with E-state index >= 15 is 0 Å². The first-order valence-corrected chi connectivity index (χ1v) is 12.5. The fourth-order valence-corrected chi connectivity index (χ4v) is 5.83. The van der Waals surface area contributed by atoms with Crippen LogP contribution in [0.2, 0.25) is 0 Å². The quantitative estimate of drug-likeness (QED) is 0.555. The minimum atomic E-state index is -0.794. The van der Waals surface area contributed by atoms with Crippen molar-refractivity contribution in [2.45, 2.75) is 38.5 Å². The maximum Gasteiger partial charge on any atom is 0.407 e. The molecule has 2 unspecified atom stereocenters. The van der Waals surface area contributed by atoms with Crippen LogP contribution in [0.3, 0.4) is 0 Å². The monoisotopic (exact) mass is 476 g/mol. The normalized spacial score (nSPS) is 20.3. The Balaban J connectivity index is 1.05. The third-order valence-corrected chi connectivity index (χ3v) is 8.00. The van der Waals surface area contributed by atoms with Crippen molar-refractivity contribution >= 4 is 18.0 Å². The SMILES string of the molecule is CC(CCCNC(=O)OCC1c2ccccc2-c2ccccc21)C(=O)N1CC(C(=O)O)C2(CC2)C1. The van der Waals surface area contributed by atoms with Crippen molar-refractivity contribution in [3.05, 3.63) is 59.7 Å². The second-order valence-electron chi connectivity index (χ2n) is 10.3. The summed E-state index contributed by atoms with van der Waals surface area (Å²) in [6, 6.07) is 16.4. The van der Waals surface area contributed by atoms with Crippen molar-refractivity contribution in [1.29, 1.82) is 0 Å². The number of ether oxygens (including phenoxy) is 1. The Bertz CT molecular complexity index is 1100. The molecule has 0 radical (unpaired) electrons. The summed E-state index contributed by atoms with van der Waals surface area (Å²) in [4.78, 5) is 38.4. The molecule has 2 atom stereocenters. The first-order chi connectivity index (χ1) is 16.9. The first kappa shape index (κ1) is 23.4. The van der Waals surface area contributed by atoms with E-state index in [0.29, 0.717) is 32.5 Å². The van der Waals surface area contributed by atoms with Crippen molar-refractivity contribution in [1.82, 2.24) is 10.2 Å². The largest absolute Gasteiger partial charge is 0.481 e. The second kappa shape index (κ2) is 9.36. The number of nitrogens with zero attached hydrogens (tertiary/aromatic N) is 1. The van der Waals surface area contributed by atoms with Gasteiger partial charge in [0, 0.05) is 36.9 Å². The molecule has 2 N–H and O–H groups in total.